The summed E-state index contributed by atoms with van der Waals surface area (Å²) < 4.78 is 29.6. The average Bonchev–Trinajstić information content (AvgIpc) is 2.67. The maximum absolute atomic E-state index is 13.7. The predicted octanol–water partition coefficient (Wildman–Crippen LogP) is 4.55. The SMILES string of the molecule is C=CCOc1ccc(OCc2cc(F)ccc2C(=CC)C(=O)OC)cc1. The van der Waals surface area contributed by atoms with Crippen LogP contribution in [0.15, 0.2) is 61.2 Å². The Labute approximate surface area is 152 Å². The van der Waals surface area contributed by atoms with Gasteiger partial charge in [-0.05, 0) is 48.9 Å². The first-order valence-corrected chi connectivity index (χ1v) is 8.09. The molecule has 0 spiro atoms. The van der Waals surface area contributed by atoms with Crippen molar-refractivity contribution in [2.24, 2.45) is 0 Å². The van der Waals surface area contributed by atoms with Crippen molar-refractivity contribution in [2.75, 3.05) is 13.7 Å². The first-order valence-electron chi connectivity index (χ1n) is 8.09. The third-order valence-electron chi connectivity index (χ3n) is 3.64. The van der Waals surface area contributed by atoms with Crippen LogP contribution in [0.1, 0.15) is 18.1 Å². The van der Waals surface area contributed by atoms with Crippen molar-refractivity contribution in [3.63, 3.8) is 0 Å². The largest absolute Gasteiger partial charge is 0.490 e. The molecule has 0 fully saturated rings. The Bertz CT molecular complexity index is 794. The number of halogens is 1. The van der Waals surface area contributed by atoms with Crippen LogP contribution in [-0.2, 0) is 16.1 Å². The Morgan fingerprint density at radius 2 is 1.77 bits per heavy atom. The zero-order valence-corrected chi connectivity index (χ0v) is 14.8. The molecule has 4 nitrogen and oxygen atoms in total. The molecule has 0 aromatic heterocycles. The topological polar surface area (TPSA) is 44.8 Å². The van der Waals surface area contributed by atoms with Gasteiger partial charge in [0.15, 0.2) is 0 Å². The number of esters is 1. The lowest BCUT2D eigenvalue weighted by Crippen LogP contribution is -2.08. The van der Waals surface area contributed by atoms with Crippen molar-refractivity contribution in [3.8, 4) is 11.5 Å². The van der Waals surface area contributed by atoms with Crippen LogP contribution in [0.2, 0.25) is 0 Å². The van der Waals surface area contributed by atoms with Gasteiger partial charge in [-0.1, -0.05) is 24.8 Å². The van der Waals surface area contributed by atoms with E-state index in [0.29, 0.717) is 34.8 Å². The molecule has 0 saturated heterocycles. The van der Waals surface area contributed by atoms with Gasteiger partial charge in [-0.2, -0.15) is 0 Å². The number of ether oxygens (including phenoxy) is 3. The molecule has 0 saturated carbocycles. The number of carbonyl (C=O) groups is 1. The zero-order chi connectivity index (χ0) is 18.9. The highest BCUT2D eigenvalue weighted by Crippen LogP contribution is 2.24. The molecule has 0 amide bonds. The highest BCUT2D eigenvalue weighted by Gasteiger charge is 2.16. The molecule has 0 radical (unpaired) electrons. The van der Waals surface area contributed by atoms with Gasteiger partial charge in [-0.3, -0.25) is 0 Å². The number of benzene rings is 2. The smallest absolute Gasteiger partial charge is 0.338 e. The van der Waals surface area contributed by atoms with E-state index < -0.39 is 11.8 Å². The molecule has 2 rings (SSSR count). The molecular formula is C21H21FO4. The second kappa shape index (κ2) is 9.42. The number of carbonyl (C=O) groups excluding carboxylic acids is 1. The average molecular weight is 356 g/mol. The van der Waals surface area contributed by atoms with Gasteiger partial charge < -0.3 is 14.2 Å². The summed E-state index contributed by atoms with van der Waals surface area (Å²) in [7, 11) is 1.31. The Morgan fingerprint density at radius 1 is 1.12 bits per heavy atom. The first-order chi connectivity index (χ1) is 12.6. The normalized spacial score (nSPS) is 11.0. The Hall–Kier alpha value is -3.08. The van der Waals surface area contributed by atoms with Gasteiger partial charge in [0, 0.05) is 5.56 Å². The van der Waals surface area contributed by atoms with E-state index in [1.165, 1.54) is 19.2 Å². The van der Waals surface area contributed by atoms with E-state index in [2.05, 4.69) is 6.58 Å². The summed E-state index contributed by atoms with van der Waals surface area (Å²) >= 11 is 0. The van der Waals surface area contributed by atoms with E-state index in [9.17, 15) is 9.18 Å². The molecule has 2 aromatic carbocycles. The minimum absolute atomic E-state index is 0.105. The Balaban J connectivity index is 2.17. The minimum Gasteiger partial charge on any atom is -0.490 e. The fraction of sp³-hybridized carbons (Fsp3) is 0.190. The molecule has 5 heteroatoms. The van der Waals surface area contributed by atoms with Crippen molar-refractivity contribution in [1.29, 1.82) is 0 Å². The molecule has 26 heavy (non-hydrogen) atoms. The van der Waals surface area contributed by atoms with Gasteiger partial charge in [0.05, 0.1) is 12.7 Å². The number of methoxy groups -OCH3 is 1. The van der Waals surface area contributed by atoms with Crippen LogP contribution in [-0.4, -0.2) is 19.7 Å². The second-order valence-corrected chi connectivity index (χ2v) is 5.36. The van der Waals surface area contributed by atoms with Crippen LogP contribution in [0.4, 0.5) is 4.39 Å². The van der Waals surface area contributed by atoms with Gasteiger partial charge in [-0.25, -0.2) is 9.18 Å². The maximum Gasteiger partial charge on any atom is 0.338 e. The van der Waals surface area contributed by atoms with E-state index in [1.807, 2.05) is 0 Å². The lowest BCUT2D eigenvalue weighted by Gasteiger charge is -2.13. The zero-order valence-electron chi connectivity index (χ0n) is 14.8. The van der Waals surface area contributed by atoms with Gasteiger partial charge in [0.25, 0.3) is 0 Å². The number of hydrogen-bond acceptors (Lipinski definition) is 4. The molecule has 0 aliphatic rings. The molecule has 136 valence electrons. The minimum atomic E-state index is -0.482. The molecule has 0 aliphatic carbocycles. The number of allylic oxidation sites excluding steroid dienone is 1. The third kappa shape index (κ3) is 4.96. The van der Waals surface area contributed by atoms with Crippen molar-refractivity contribution in [3.05, 3.63) is 78.1 Å². The molecule has 0 unspecified atom stereocenters. The van der Waals surface area contributed by atoms with E-state index in [-0.39, 0.29) is 6.61 Å². The molecular weight excluding hydrogens is 335 g/mol. The molecule has 0 heterocycles. The van der Waals surface area contributed by atoms with E-state index in [0.717, 1.165) is 0 Å². The van der Waals surface area contributed by atoms with E-state index in [4.69, 9.17) is 14.2 Å². The van der Waals surface area contributed by atoms with Crippen LogP contribution in [0.3, 0.4) is 0 Å². The lowest BCUT2D eigenvalue weighted by molar-refractivity contribution is -0.133. The van der Waals surface area contributed by atoms with E-state index >= 15 is 0 Å². The predicted molar refractivity (Wildman–Crippen MR) is 98.5 cm³/mol. The van der Waals surface area contributed by atoms with Crippen LogP contribution in [0.5, 0.6) is 11.5 Å². The fourth-order valence-electron chi connectivity index (χ4n) is 2.39. The van der Waals surface area contributed by atoms with Crippen LogP contribution in [0.25, 0.3) is 5.57 Å². The summed E-state index contributed by atoms with van der Waals surface area (Å²) in [5, 5.41) is 0. The van der Waals surface area contributed by atoms with Crippen molar-refractivity contribution < 1.29 is 23.4 Å². The number of hydrogen-bond donors (Lipinski definition) is 0. The van der Waals surface area contributed by atoms with Crippen LogP contribution in [0, 0.1) is 5.82 Å². The lowest BCUT2D eigenvalue weighted by atomic mass is 9.99. The summed E-state index contributed by atoms with van der Waals surface area (Å²) in [6.07, 6.45) is 3.30. The van der Waals surface area contributed by atoms with Crippen molar-refractivity contribution in [2.45, 2.75) is 13.5 Å². The van der Waals surface area contributed by atoms with Gasteiger partial charge in [0.2, 0.25) is 0 Å². The molecule has 0 bridgehead atoms. The molecule has 0 atom stereocenters. The quantitative estimate of drug-likeness (QED) is 0.396. The van der Waals surface area contributed by atoms with Crippen molar-refractivity contribution in [1.82, 2.24) is 0 Å². The summed E-state index contributed by atoms with van der Waals surface area (Å²) in [6, 6.07) is 11.3. The molecule has 2 aromatic rings. The van der Waals surface area contributed by atoms with Crippen LogP contribution < -0.4 is 9.47 Å². The molecule has 0 N–H and O–H groups in total. The highest BCUT2D eigenvalue weighted by atomic mass is 19.1. The second-order valence-electron chi connectivity index (χ2n) is 5.36. The van der Waals surface area contributed by atoms with Gasteiger partial charge >= 0.3 is 5.97 Å². The third-order valence-corrected chi connectivity index (χ3v) is 3.64. The van der Waals surface area contributed by atoms with Gasteiger partial charge in [0.1, 0.15) is 30.5 Å². The molecule has 0 aliphatic heterocycles. The highest BCUT2D eigenvalue weighted by molar-refractivity contribution is 6.16. The number of rotatable bonds is 8. The Morgan fingerprint density at radius 3 is 2.35 bits per heavy atom. The maximum atomic E-state index is 13.7. The summed E-state index contributed by atoms with van der Waals surface area (Å²) in [5.41, 5.74) is 1.49. The summed E-state index contributed by atoms with van der Waals surface area (Å²) in [4.78, 5) is 11.9. The van der Waals surface area contributed by atoms with E-state index in [1.54, 1.807) is 49.4 Å². The van der Waals surface area contributed by atoms with Crippen LogP contribution >= 0.6 is 0 Å². The van der Waals surface area contributed by atoms with Gasteiger partial charge in [-0.15, -0.1) is 0 Å². The summed E-state index contributed by atoms with van der Waals surface area (Å²) in [6.45, 7) is 5.85. The Kier molecular flexibility index (Phi) is 6.97. The fourth-order valence-corrected chi connectivity index (χ4v) is 2.39. The monoisotopic (exact) mass is 356 g/mol. The standard InChI is InChI=1S/C21H21FO4/c1-4-12-25-17-7-9-18(10-8-17)26-14-15-13-16(22)6-11-20(15)19(5-2)21(23)24-3/h4-11,13H,1,12,14H2,2-3H3. The van der Waals surface area contributed by atoms with Crippen molar-refractivity contribution >= 4 is 11.5 Å². The summed E-state index contributed by atoms with van der Waals surface area (Å²) in [5.74, 6) is 0.418. The first kappa shape index (κ1) is 19.2.